The molecule has 0 fully saturated rings. The molecule has 5 heteroatoms. The van der Waals surface area contributed by atoms with Crippen LogP contribution in [0.5, 0.6) is 5.75 Å². The third-order valence-electron chi connectivity index (χ3n) is 3.10. The number of nitrogens with one attached hydrogen (secondary N) is 2. The van der Waals surface area contributed by atoms with Crippen molar-refractivity contribution in [2.24, 2.45) is 0 Å². The molecule has 2 aromatic rings. The van der Waals surface area contributed by atoms with Crippen LogP contribution in [-0.4, -0.2) is 13.1 Å². The molecule has 2 N–H and O–H groups in total. The fourth-order valence-corrected chi connectivity index (χ4v) is 1.91. The van der Waals surface area contributed by atoms with E-state index in [0.29, 0.717) is 16.9 Å². The molecule has 0 radical (unpaired) electrons. The molecule has 0 aromatic heterocycles. The number of urea groups is 1. The zero-order chi connectivity index (χ0) is 15.4. The van der Waals surface area contributed by atoms with Crippen molar-refractivity contribution in [3.63, 3.8) is 0 Å². The first-order valence-corrected chi connectivity index (χ1v) is 6.48. The maximum atomic E-state index is 13.2. The highest BCUT2D eigenvalue weighted by Crippen LogP contribution is 2.21. The first kappa shape index (κ1) is 14.8. The van der Waals surface area contributed by atoms with Crippen molar-refractivity contribution in [3.8, 4) is 5.75 Å². The van der Waals surface area contributed by atoms with Crippen LogP contribution < -0.4 is 15.4 Å². The summed E-state index contributed by atoms with van der Waals surface area (Å²) >= 11 is 0. The van der Waals surface area contributed by atoms with Gasteiger partial charge in [0.1, 0.15) is 11.6 Å². The Kier molecular flexibility index (Phi) is 4.42. The Morgan fingerprint density at radius 1 is 1.05 bits per heavy atom. The molecule has 0 aliphatic carbocycles. The van der Waals surface area contributed by atoms with Crippen LogP contribution in [0.1, 0.15) is 11.1 Å². The predicted octanol–water partition coefficient (Wildman–Crippen LogP) is 4.10. The van der Waals surface area contributed by atoms with Crippen molar-refractivity contribution in [2.75, 3.05) is 17.7 Å². The van der Waals surface area contributed by atoms with E-state index >= 15 is 0 Å². The first-order valence-electron chi connectivity index (χ1n) is 6.48. The van der Waals surface area contributed by atoms with Gasteiger partial charge in [0.15, 0.2) is 0 Å². The normalized spacial score (nSPS) is 10.1. The largest absolute Gasteiger partial charge is 0.497 e. The Morgan fingerprint density at radius 3 is 2.43 bits per heavy atom. The molecule has 110 valence electrons. The first-order chi connectivity index (χ1) is 9.99. The summed E-state index contributed by atoms with van der Waals surface area (Å²) in [5, 5.41) is 5.41. The Morgan fingerprint density at radius 2 is 1.81 bits per heavy atom. The minimum atomic E-state index is -0.380. The summed E-state index contributed by atoms with van der Waals surface area (Å²) in [6, 6.07) is 9.41. The molecule has 2 aromatic carbocycles. The number of ether oxygens (including phenoxy) is 1. The van der Waals surface area contributed by atoms with E-state index in [2.05, 4.69) is 10.6 Å². The average Bonchev–Trinajstić information content (AvgIpc) is 2.45. The molecule has 4 nitrogen and oxygen atoms in total. The maximum absolute atomic E-state index is 13.2. The third-order valence-corrected chi connectivity index (χ3v) is 3.10. The van der Waals surface area contributed by atoms with Crippen LogP contribution in [0.15, 0.2) is 36.4 Å². The van der Waals surface area contributed by atoms with E-state index in [1.807, 2.05) is 13.0 Å². The summed E-state index contributed by atoms with van der Waals surface area (Å²) < 4.78 is 18.3. The van der Waals surface area contributed by atoms with E-state index < -0.39 is 0 Å². The molecule has 2 rings (SSSR count). The molecule has 0 saturated carbocycles. The van der Waals surface area contributed by atoms with Crippen LogP contribution in [-0.2, 0) is 0 Å². The average molecular weight is 288 g/mol. The van der Waals surface area contributed by atoms with Gasteiger partial charge in [0.05, 0.1) is 7.11 Å². The Bertz CT molecular complexity index is 671. The van der Waals surface area contributed by atoms with Gasteiger partial charge >= 0.3 is 6.03 Å². The van der Waals surface area contributed by atoms with Crippen LogP contribution >= 0.6 is 0 Å². The zero-order valence-electron chi connectivity index (χ0n) is 12.2. The van der Waals surface area contributed by atoms with Crippen molar-refractivity contribution in [2.45, 2.75) is 13.8 Å². The lowest BCUT2D eigenvalue weighted by Gasteiger charge is -2.11. The van der Waals surface area contributed by atoms with Gasteiger partial charge in [-0.25, -0.2) is 9.18 Å². The Balaban J connectivity index is 2.06. The van der Waals surface area contributed by atoms with Crippen LogP contribution in [0.25, 0.3) is 0 Å². The second kappa shape index (κ2) is 6.26. The molecule has 0 aliphatic heterocycles. The number of benzene rings is 2. The van der Waals surface area contributed by atoms with E-state index in [0.717, 1.165) is 11.3 Å². The van der Waals surface area contributed by atoms with Crippen LogP contribution in [0, 0.1) is 19.7 Å². The van der Waals surface area contributed by atoms with Gasteiger partial charge in [-0.05, 0) is 61.4 Å². The number of anilines is 2. The van der Waals surface area contributed by atoms with Crippen molar-refractivity contribution in [3.05, 3.63) is 53.3 Å². The second-order valence-corrected chi connectivity index (χ2v) is 4.72. The maximum Gasteiger partial charge on any atom is 0.323 e. The second-order valence-electron chi connectivity index (χ2n) is 4.72. The summed E-state index contributed by atoms with van der Waals surface area (Å²) in [5.41, 5.74) is 2.60. The van der Waals surface area contributed by atoms with Crippen molar-refractivity contribution in [1.29, 1.82) is 0 Å². The molecule has 2 amide bonds. The van der Waals surface area contributed by atoms with Gasteiger partial charge in [-0.1, -0.05) is 0 Å². The highest BCUT2D eigenvalue weighted by molar-refractivity contribution is 6.00. The number of methoxy groups -OCH3 is 1. The SMILES string of the molecule is COc1ccc(NC(=O)Nc2ccc(F)c(C)c2)c(C)c1. The van der Waals surface area contributed by atoms with Gasteiger partial charge in [-0.2, -0.15) is 0 Å². The lowest BCUT2D eigenvalue weighted by atomic mass is 10.2. The predicted molar refractivity (Wildman–Crippen MR) is 81.5 cm³/mol. The van der Waals surface area contributed by atoms with Crippen molar-refractivity contribution < 1.29 is 13.9 Å². The number of aryl methyl sites for hydroxylation is 2. The van der Waals surface area contributed by atoms with E-state index in [1.165, 1.54) is 12.1 Å². The molecular weight excluding hydrogens is 271 g/mol. The molecule has 0 saturated heterocycles. The summed E-state index contributed by atoms with van der Waals surface area (Å²) in [4.78, 5) is 11.9. The van der Waals surface area contributed by atoms with Gasteiger partial charge < -0.3 is 15.4 Å². The molecule has 0 unspecified atom stereocenters. The number of carbonyl (C=O) groups is 1. The van der Waals surface area contributed by atoms with Gasteiger partial charge in [-0.3, -0.25) is 0 Å². The third kappa shape index (κ3) is 3.72. The number of carbonyl (C=O) groups excluding carboxylic acids is 1. The Labute approximate surface area is 122 Å². The molecule has 21 heavy (non-hydrogen) atoms. The summed E-state index contributed by atoms with van der Waals surface area (Å²) in [5.74, 6) is 0.430. The molecule has 0 spiro atoms. The molecule has 0 atom stereocenters. The van der Waals surface area contributed by atoms with Crippen LogP contribution in [0.4, 0.5) is 20.6 Å². The molecule has 0 bridgehead atoms. The molecule has 0 heterocycles. The quantitative estimate of drug-likeness (QED) is 0.893. The zero-order valence-corrected chi connectivity index (χ0v) is 12.2. The van der Waals surface area contributed by atoms with Crippen molar-refractivity contribution >= 4 is 17.4 Å². The number of rotatable bonds is 3. The fraction of sp³-hybridized carbons (Fsp3) is 0.188. The minimum Gasteiger partial charge on any atom is -0.497 e. The summed E-state index contributed by atoms with van der Waals surface area (Å²) in [6.07, 6.45) is 0. The van der Waals surface area contributed by atoms with Gasteiger partial charge in [0, 0.05) is 11.4 Å². The highest BCUT2D eigenvalue weighted by Gasteiger charge is 2.07. The number of hydrogen-bond donors (Lipinski definition) is 2. The van der Waals surface area contributed by atoms with Crippen molar-refractivity contribution in [1.82, 2.24) is 0 Å². The van der Waals surface area contributed by atoms with Crippen LogP contribution in [0.2, 0.25) is 0 Å². The summed E-state index contributed by atoms with van der Waals surface area (Å²) in [7, 11) is 1.59. The van der Waals surface area contributed by atoms with E-state index in [-0.39, 0.29) is 11.8 Å². The minimum absolute atomic E-state index is 0.299. The number of hydrogen-bond acceptors (Lipinski definition) is 2. The van der Waals surface area contributed by atoms with Gasteiger partial charge in [-0.15, -0.1) is 0 Å². The monoisotopic (exact) mass is 288 g/mol. The Hall–Kier alpha value is -2.56. The summed E-state index contributed by atoms with van der Waals surface area (Å²) in [6.45, 7) is 3.52. The van der Waals surface area contributed by atoms with E-state index in [9.17, 15) is 9.18 Å². The fourth-order valence-electron chi connectivity index (χ4n) is 1.91. The highest BCUT2D eigenvalue weighted by atomic mass is 19.1. The van der Waals surface area contributed by atoms with Crippen LogP contribution in [0.3, 0.4) is 0 Å². The standard InChI is InChI=1S/C16H17FN2O2/c1-10-8-12(4-6-14(10)17)18-16(20)19-15-7-5-13(21-3)9-11(15)2/h4-9H,1-3H3,(H2,18,19,20). The molecular formula is C16H17FN2O2. The van der Waals surface area contributed by atoms with E-state index in [4.69, 9.17) is 4.74 Å². The molecule has 0 aliphatic rings. The lowest BCUT2D eigenvalue weighted by molar-refractivity contribution is 0.262. The van der Waals surface area contributed by atoms with Gasteiger partial charge in [0.25, 0.3) is 0 Å². The number of amides is 2. The lowest BCUT2D eigenvalue weighted by Crippen LogP contribution is -2.20. The number of halogens is 1. The smallest absolute Gasteiger partial charge is 0.323 e. The van der Waals surface area contributed by atoms with E-state index in [1.54, 1.807) is 32.2 Å². The van der Waals surface area contributed by atoms with Gasteiger partial charge in [0.2, 0.25) is 0 Å². The topological polar surface area (TPSA) is 50.4 Å².